The van der Waals surface area contributed by atoms with E-state index in [0.717, 1.165) is 0 Å². The van der Waals surface area contributed by atoms with Crippen molar-refractivity contribution in [2.45, 2.75) is 13.1 Å². The molecule has 0 saturated carbocycles. The third-order valence-electron chi connectivity index (χ3n) is 3.67. The van der Waals surface area contributed by atoms with E-state index in [-0.39, 0.29) is 17.7 Å². The number of carbonyl (C=O) groups is 1. The van der Waals surface area contributed by atoms with Gasteiger partial charge in [-0.25, -0.2) is 4.79 Å². The van der Waals surface area contributed by atoms with Gasteiger partial charge in [-0.2, -0.15) is 13.2 Å². The molecule has 24 heavy (non-hydrogen) atoms. The normalized spacial score (nSPS) is 11.7. The van der Waals surface area contributed by atoms with Gasteiger partial charge in [0, 0.05) is 10.9 Å². The SMILES string of the molecule is CCOC(=O)c1ccc(-c2[nH]c3ccccc3c2C(F)(F)F)cc1. The number of hydrogen-bond acceptors (Lipinski definition) is 2. The summed E-state index contributed by atoms with van der Waals surface area (Å²) in [6.07, 6.45) is -4.49. The van der Waals surface area contributed by atoms with Gasteiger partial charge in [0.25, 0.3) is 0 Å². The molecule has 0 aliphatic rings. The van der Waals surface area contributed by atoms with Crippen molar-refractivity contribution in [2.75, 3.05) is 6.61 Å². The first-order valence-corrected chi connectivity index (χ1v) is 7.37. The summed E-state index contributed by atoms with van der Waals surface area (Å²) in [4.78, 5) is 14.5. The molecule has 0 radical (unpaired) electrons. The lowest BCUT2D eigenvalue weighted by molar-refractivity contribution is -0.135. The molecule has 0 unspecified atom stereocenters. The van der Waals surface area contributed by atoms with E-state index in [0.29, 0.717) is 16.6 Å². The summed E-state index contributed by atoms with van der Waals surface area (Å²) in [5, 5.41) is 0.120. The fraction of sp³-hybridized carbons (Fsp3) is 0.167. The molecule has 1 N–H and O–H groups in total. The largest absolute Gasteiger partial charge is 0.462 e. The molecule has 0 spiro atoms. The number of fused-ring (bicyclic) bond motifs is 1. The lowest BCUT2D eigenvalue weighted by Crippen LogP contribution is -2.06. The van der Waals surface area contributed by atoms with Crippen LogP contribution in [0.4, 0.5) is 13.2 Å². The molecule has 0 atom stereocenters. The molecular formula is C18H14F3NO2. The summed E-state index contributed by atoms with van der Waals surface area (Å²) < 4.78 is 45.4. The number of H-pyrrole nitrogens is 1. The summed E-state index contributed by atoms with van der Waals surface area (Å²) in [5.74, 6) is -0.503. The van der Waals surface area contributed by atoms with E-state index < -0.39 is 17.7 Å². The van der Waals surface area contributed by atoms with Gasteiger partial charge in [-0.1, -0.05) is 30.3 Å². The smallest absolute Gasteiger partial charge is 0.419 e. The average molecular weight is 333 g/mol. The lowest BCUT2D eigenvalue weighted by atomic mass is 10.0. The second-order valence-electron chi connectivity index (χ2n) is 5.22. The molecule has 0 saturated heterocycles. The molecule has 1 heterocycles. The summed E-state index contributed by atoms with van der Waals surface area (Å²) in [6, 6.07) is 12.1. The predicted molar refractivity (Wildman–Crippen MR) is 84.7 cm³/mol. The zero-order chi connectivity index (χ0) is 17.3. The van der Waals surface area contributed by atoms with Crippen LogP contribution in [0.15, 0.2) is 48.5 Å². The third kappa shape index (κ3) is 2.87. The summed E-state index contributed by atoms with van der Waals surface area (Å²) in [5.41, 5.74) is 0.340. The van der Waals surface area contributed by atoms with Crippen LogP contribution in [0.2, 0.25) is 0 Å². The van der Waals surface area contributed by atoms with Gasteiger partial charge in [-0.05, 0) is 30.7 Å². The Balaban J connectivity index is 2.11. The van der Waals surface area contributed by atoms with Gasteiger partial charge in [0.15, 0.2) is 0 Å². The van der Waals surface area contributed by atoms with E-state index in [1.54, 1.807) is 25.1 Å². The zero-order valence-corrected chi connectivity index (χ0v) is 12.8. The van der Waals surface area contributed by atoms with Crippen LogP contribution in [0.25, 0.3) is 22.2 Å². The number of esters is 1. The Morgan fingerprint density at radius 3 is 2.38 bits per heavy atom. The first kappa shape index (κ1) is 16.1. The summed E-state index contributed by atoms with van der Waals surface area (Å²) >= 11 is 0. The third-order valence-corrected chi connectivity index (χ3v) is 3.67. The molecule has 124 valence electrons. The van der Waals surface area contributed by atoms with Crippen LogP contribution in [0.3, 0.4) is 0 Å². The van der Waals surface area contributed by atoms with Crippen molar-refractivity contribution < 1.29 is 22.7 Å². The minimum Gasteiger partial charge on any atom is -0.462 e. The van der Waals surface area contributed by atoms with Crippen LogP contribution in [0.1, 0.15) is 22.8 Å². The Morgan fingerprint density at radius 2 is 1.75 bits per heavy atom. The van der Waals surface area contributed by atoms with Crippen molar-refractivity contribution in [1.82, 2.24) is 4.98 Å². The number of halogens is 3. The fourth-order valence-corrected chi connectivity index (χ4v) is 2.64. The zero-order valence-electron chi connectivity index (χ0n) is 12.8. The number of para-hydroxylation sites is 1. The second-order valence-corrected chi connectivity index (χ2v) is 5.22. The van der Waals surface area contributed by atoms with E-state index in [2.05, 4.69) is 4.98 Å². The van der Waals surface area contributed by atoms with Gasteiger partial charge >= 0.3 is 12.1 Å². The molecule has 2 aromatic carbocycles. The van der Waals surface area contributed by atoms with E-state index in [9.17, 15) is 18.0 Å². The molecule has 0 bridgehead atoms. The topological polar surface area (TPSA) is 42.1 Å². The molecule has 0 fully saturated rings. The molecule has 1 aromatic heterocycles. The minimum absolute atomic E-state index is 0.0147. The van der Waals surface area contributed by atoms with Crippen molar-refractivity contribution in [2.24, 2.45) is 0 Å². The predicted octanol–water partition coefficient (Wildman–Crippen LogP) is 5.03. The first-order chi connectivity index (χ1) is 11.4. The van der Waals surface area contributed by atoms with Crippen LogP contribution in [0.5, 0.6) is 0 Å². The fourth-order valence-electron chi connectivity index (χ4n) is 2.64. The number of hydrogen-bond donors (Lipinski definition) is 1. The van der Waals surface area contributed by atoms with E-state index >= 15 is 0 Å². The molecule has 0 aliphatic carbocycles. The van der Waals surface area contributed by atoms with Crippen LogP contribution in [0, 0.1) is 0 Å². The highest BCUT2D eigenvalue weighted by Crippen LogP contribution is 2.41. The van der Waals surface area contributed by atoms with Gasteiger partial charge in [0.1, 0.15) is 0 Å². The van der Waals surface area contributed by atoms with Gasteiger partial charge in [0.05, 0.1) is 23.4 Å². The van der Waals surface area contributed by atoms with Gasteiger partial charge < -0.3 is 9.72 Å². The first-order valence-electron chi connectivity index (χ1n) is 7.37. The quantitative estimate of drug-likeness (QED) is 0.683. The van der Waals surface area contributed by atoms with E-state index in [1.807, 2.05) is 0 Å². The number of aromatic nitrogens is 1. The maximum atomic E-state index is 13.5. The van der Waals surface area contributed by atoms with Gasteiger partial charge in [-0.15, -0.1) is 0 Å². The molecule has 6 heteroatoms. The lowest BCUT2D eigenvalue weighted by Gasteiger charge is -2.09. The Labute approximate surface area is 136 Å². The Morgan fingerprint density at radius 1 is 1.08 bits per heavy atom. The number of aromatic amines is 1. The Kier molecular flexibility index (Phi) is 4.05. The van der Waals surface area contributed by atoms with Crippen LogP contribution in [-0.4, -0.2) is 17.6 Å². The maximum absolute atomic E-state index is 13.5. The van der Waals surface area contributed by atoms with E-state index in [4.69, 9.17) is 4.74 Å². The number of ether oxygens (including phenoxy) is 1. The Hall–Kier alpha value is -2.76. The van der Waals surface area contributed by atoms with Crippen molar-refractivity contribution in [1.29, 1.82) is 0 Å². The van der Waals surface area contributed by atoms with Gasteiger partial charge in [0.2, 0.25) is 0 Å². The van der Waals surface area contributed by atoms with Gasteiger partial charge in [-0.3, -0.25) is 0 Å². The maximum Gasteiger partial charge on any atom is 0.419 e. The van der Waals surface area contributed by atoms with Crippen LogP contribution >= 0.6 is 0 Å². The number of nitrogens with one attached hydrogen (secondary N) is 1. The molecule has 0 aliphatic heterocycles. The molecule has 3 aromatic rings. The highest BCUT2D eigenvalue weighted by Gasteiger charge is 2.37. The average Bonchev–Trinajstić information content (AvgIpc) is 2.95. The number of alkyl halides is 3. The highest BCUT2D eigenvalue weighted by atomic mass is 19.4. The number of carbonyl (C=O) groups excluding carboxylic acids is 1. The standard InChI is InChI=1S/C18H14F3NO2/c1-2-24-17(23)12-9-7-11(8-10-12)16-15(18(19,20)21)13-5-3-4-6-14(13)22-16/h3-10,22H,2H2,1H3. The van der Waals surface area contributed by atoms with Crippen molar-refractivity contribution >= 4 is 16.9 Å². The highest BCUT2D eigenvalue weighted by molar-refractivity contribution is 5.93. The Bertz CT molecular complexity index is 879. The number of rotatable bonds is 3. The van der Waals surface area contributed by atoms with Crippen LogP contribution < -0.4 is 0 Å². The minimum atomic E-state index is -4.49. The second kappa shape index (κ2) is 6.03. The number of benzene rings is 2. The summed E-state index contributed by atoms with van der Waals surface area (Å²) in [7, 11) is 0. The van der Waals surface area contributed by atoms with Crippen molar-refractivity contribution in [3.8, 4) is 11.3 Å². The van der Waals surface area contributed by atoms with E-state index in [1.165, 1.54) is 30.3 Å². The molecule has 3 nitrogen and oxygen atoms in total. The van der Waals surface area contributed by atoms with Crippen molar-refractivity contribution in [3.05, 3.63) is 59.7 Å². The molecule has 3 rings (SSSR count). The van der Waals surface area contributed by atoms with Crippen LogP contribution in [-0.2, 0) is 10.9 Å². The monoisotopic (exact) mass is 333 g/mol. The van der Waals surface area contributed by atoms with Crippen molar-refractivity contribution in [3.63, 3.8) is 0 Å². The molecule has 0 amide bonds. The molecular weight excluding hydrogens is 319 g/mol. The summed E-state index contributed by atoms with van der Waals surface area (Å²) in [6.45, 7) is 1.92.